The largest absolute Gasteiger partial charge is 0.481 e. The molecule has 0 aliphatic heterocycles. The second-order valence-corrected chi connectivity index (χ2v) is 3.29. The summed E-state index contributed by atoms with van der Waals surface area (Å²) < 4.78 is 0. The molecule has 2 nitrogen and oxygen atoms in total. The molecule has 1 atom stereocenters. The molecule has 0 bridgehead atoms. The van der Waals surface area contributed by atoms with Crippen molar-refractivity contribution in [2.24, 2.45) is 5.92 Å². The van der Waals surface area contributed by atoms with Gasteiger partial charge in [-0.25, -0.2) is 0 Å². The predicted octanol–water partition coefficient (Wildman–Crippen LogP) is 1.93. The molecule has 1 rings (SSSR count). The van der Waals surface area contributed by atoms with E-state index in [0.717, 1.165) is 11.1 Å². The van der Waals surface area contributed by atoms with Crippen molar-refractivity contribution in [3.63, 3.8) is 0 Å². The van der Waals surface area contributed by atoms with Gasteiger partial charge in [-0.2, -0.15) is 0 Å². The van der Waals surface area contributed by atoms with Crippen molar-refractivity contribution in [2.75, 3.05) is 0 Å². The fourth-order valence-corrected chi connectivity index (χ4v) is 1.23. The van der Waals surface area contributed by atoms with Gasteiger partial charge in [-0.3, -0.25) is 4.79 Å². The highest BCUT2D eigenvalue weighted by Gasteiger charge is 2.11. The molecular weight excluding hydrogens is 176 g/mol. The van der Waals surface area contributed by atoms with Crippen LogP contribution in [0.4, 0.5) is 0 Å². The Morgan fingerprint density at radius 2 is 2.36 bits per heavy atom. The van der Waals surface area contributed by atoms with Crippen molar-refractivity contribution in [1.29, 1.82) is 0 Å². The molecule has 1 unspecified atom stereocenters. The Hall–Kier alpha value is -1.75. The standard InChI is InChI=1S/C12H12O2/c1-3-10-5-4-6-11(8-10)7-9(2)12(13)14/h1,4-6,8-9H,7H2,2H3,(H,13,14). The van der Waals surface area contributed by atoms with Crippen LogP contribution in [-0.2, 0) is 11.2 Å². The lowest BCUT2D eigenvalue weighted by Crippen LogP contribution is -2.12. The van der Waals surface area contributed by atoms with Crippen LogP contribution in [0.1, 0.15) is 18.1 Å². The molecule has 0 spiro atoms. The van der Waals surface area contributed by atoms with Gasteiger partial charge in [-0.15, -0.1) is 6.42 Å². The zero-order valence-electron chi connectivity index (χ0n) is 8.03. The molecule has 1 aromatic rings. The summed E-state index contributed by atoms with van der Waals surface area (Å²) >= 11 is 0. The first-order chi connectivity index (χ1) is 6.63. The molecule has 0 fully saturated rings. The van der Waals surface area contributed by atoms with E-state index in [1.807, 2.05) is 24.3 Å². The Balaban J connectivity index is 2.78. The third kappa shape index (κ3) is 2.63. The van der Waals surface area contributed by atoms with Gasteiger partial charge in [0.15, 0.2) is 0 Å². The van der Waals surface area contributed by atoms with Crippen LogP contribution in [0.2, 0.25) is 0 Å². The van der Waals surface area contributed by atoms with E-state index in [1.165, 1.54) is 0 Å². The smallest absolute Gasteiger partial charge is 0.306 e. The summed E-state index contributed by atoms with van der Waals surface area (Å²) in [5.74, 6) is 1.37. The zero-order chi connectivity index (χ0) is 10.6. The monoisotopic (exact) mass is 188 g/mol. The molecular formula is C12H12O2. The lowest BCUT2D eigenvalue weighted by molar-refractivity contribution is -0.141. The highest BCUT2D eigenvalue weighted by atomic mass is 16.4. The maximum absolute atomic E-state index is 10.6. The van der Waals surface area contributed by atoms with Gasteiger partial charge in [0.2, 0.25) is 0 Å². The Morgan fingerprint density at radius 3 is 2.93 bits per heavy atom. The van der Waals surface area contributed by atoms with E-state index < -0.39 is 5.97 Å². The van der Waals surface area contributed by atoms with Gasteiger partial charge in [0.05, 0.1) is 5.92 Å². The Morgan fingerprint density at radius 1 is 1.64 bits per heavy atom. The predicted molar refractivity (Wildman–Crippen MR) is 54.9 cm³/mol. The Kier molecular flexibility index (Phi) is 3.30. The maximum atomic E-state index is 10.6. The minimum atomic E-state index is -0.781. The molecule has 1 N–H and O–H groups in total. The number of benzene rings is 1. The van der Waals surface area contributed by atoms with Crippen molar-refractivity contribution in [3.05, 3.63) is 35.4 Å². The van der Waals surface area contributed by atoms with E-state index in [1.54, 1.807) is 6.92 Å². The highest BCUT2D eigenvalue weighted by molar-refractivity contribution is 5.69. The first-order valence-corrected chi connectivity index (χ1v) is 4.42. The van der Waals surface area contributed by atoms with Gasteiger partial charge in [0.25, 0.3) is 0 Å². The van der Waals surface area contributed by atoms with Crippen molar-refractivity contribution >= 4 is 5.97 Å². The first-order valence-electron chi connectivity index (χ1n) is 4.42. The molecule has 72 valence electrons. The molecule has 0 aliphatic rings. The minimum Gasteiger partial charge on any atom is -0.481 e. The Labute approximate surface area is 83.6 Å². The third-order valence-electron chi connectivity index (χ3n) is 2.06. The number of hydrogen-bond acceptors (Lipinski definition) is 1. The van der Waals surface area contributed by atoms with Crippen molar-refractivity contribution in [3.8, 4) is 12.3 Å². The van der Waals surface area contributed by atoms with Crippen LogP contribution in [-0.4, -0.2) is 11.1 Å². The first kappa shape index (κ1) is 10.3. The molecule has 0 aromatic heterocycles. The third-order valence-corrected chi connectivity index (χ3v) is 2.06. The van der Waals surface area contributed by atoms with Crippen LogP contribution in [0, 0.1) is 18.3 Å². The van der Waals surface area contributed by atoms with Crippen LogP contribution < -0.4 is 0 Å². The van der Waals surface area contributed by atoms with Crippen LogP contribution in [0.3, 0.4) is 0 Å². The van der Waals surface area contributed by atoms with E-state index in [9.17, 15) is 4.79 Å². The van der Waals surface area contributed by atoms with Gasteiger partial charge in [0, 0.05) is 5.56 Å². The maximum Gasteiger partial charge on any atom is 0.306 e. The molecule has 0 radical (unpaired) electrons. The average Bonchev–Trinajstić information content (AvgIpc) is 2.18. The quantitative estimate of drug-likeness (QED) is 0.736. The van der Waals surface area contributed by atoms with Gasteiger partial charge in [-0.1, -0.05) is 25.0 Å². The average molecular weight is 188 g/mol. The Bertz CT molecular complexity index is 374. The van der Waals surface area contributed by atoms with E-state index >= 15 is 0 Å². The minimum absolute atomic E-state index is 0.372. The van der Waals surface area contributed by atoms with Crippen molar-refractivity contribution in [2.45, 2.75) is 13.3 Å². The summed E-state index contributed by atoms with van der Waals surface area (Å²) in [6.07, 6.45) is 5.76. The molecule has 2 heteroatoms. The summed E-state index contributed by atoms with van der Waals surface area (Å²) in [5.41, 5.74) is 1.76. The van der Waals surface area contributed by atoms with Gasteiger partial charge >= 0.3 is 5.97 Å². The molecule has 0 heterocycles. The summed E-state index contributed by atoms with van der Waals surface area (Å²) in [6.45, 7) is 1.69. The second kappa shape index (κ2) is 4.48. The van der Waals surface area contributed by atoms with Crippen LogP contribution in [0.15, 0.2) is 24.3 Å². The SMILES string of the molecule is C#Cc1cccc(CC(C)C(=O)O)c1. The normalized spacial score (nSPS) is 11.7. The summed E-state index contributed by atoms with van der Waals surface area (Å²) in [6, 6.07) is 7.41. The molecule has 0 saturated carbocycles. The summed E-state index contributed by atoms with van der Waals surface area (Å²) in [5, 5.41) is 8.73. The van der Waals surface area contributed by atoms with Gasteiger partial charge in [-0.05, 0) is 24.1 Å². The second-order valence-electron chi connectivity index (χ2n) is 3.29. The van der Waals surface area contributed by atoms with E-state index in [2.05, 4.69) is 5.92 Å². The summed E-state index contributed by atoms with van der Waals surface area (Å²) in [4.78, 5) is 10.6. The topological polar surface area (TPSA) is 37.3 Å². The number of carbonyl (C=O) groups is 1. The molecule has 0 amide bonds. The lowest BCUT2D eigenvalue weighted by atomic mass is 10.00. The van der Waals surface area contributed by atoms with Gasteiger partial charge in [0.1, 0.15) is 0 Å². The van der Waals surface area contributed by atoms with Crippen LogP contribution in [0.5, 0.6) is 0 Å². The van der Waals surface area contributed by atoms with Crippen molar-refractivity contribution in [1.82, 2.24) is 0 Å². The molecule has 0 saturated heterocycles. The zero-order valence-corrected chi connectivity index (χ0v) is 8.03. The summed E-state index contributed by atoms with van der Waals surface area (Å²) in [7, 11) is 0. The molecule has 14 heavy (non-hydrogen) atoms. The number of rotatable bonds is 3. The van der Waals surface area contributed by atoms with Crippen molar-refractivity contribution < 1.29 is 9.90 Å². The van der Waals surface area contributed by atoms with E-state index in [-0.39, 0.29) is 5.92 Å². The van der Waals surface area contributed by atoms with Crippen LogP contribution >= 0.6 is 0 Å². The van der Waals surface area contributed by atoms with Gasteiger partial charge < -0.3 is 5.11 Å². The molecule has 0 aliphatic carbocycles. The fourth-order valence-electron chi connectivity index (χ4n) is 1.23. The lowest BCUT2D eigenvalue weighted by Gasteiger charge is -2.05. The number of hydrogen-bond donors (Lipinski definition) is 1. The van der Waals surface area contributed by atoms with E-state index in [0.29, 0.717) is 6.42 Å². The van der Waals surface area contributed by atoms with E-state index in [4.69, 9.17) is 11.5 Å². The van der Waals surface area contributed by atoms with Crippen LogP contribution in [0.25, 0.3) is 0 Å². The number of carboxylic acid groups (broad SMARTS) is 1. The number of carboxylic acids is 1. The highest BCUT2D eigenvalue weighted by Crippen LogP contribution is 2.10. The number of aliphatic carboxylic acids is 1. The number of terminal acetylenes is 1. The molecule has 1 aromatic carbocycles. The fraction of sp³-hybridized carbons (Fsp3) is 0.250.